The fourth-order valence-electron chi connectivity index (χ4n) is 6.30. The first-order valence-corrected chi connectivity index (χ1v) is 16.2. The second kappa shape index (κ2) is 13.5. The molecular formula is C41H37BF4N2O. The van der Waals surface area contributed by atoms with Crippen molar-refractivity contribution in [1.29, 1.82) is 0 Å². The third-order valence-electron chi connectivity index (χ3n) is 8.77. The van der Waals surface area contributed by atoms with Crippen LogP contribution in [0, 0.1) is 41.5 Å². The molecule has 0 unspecified atom stereocenters. The van der Waals surface area contributed by atoms with E-state index in [0.717, 1.165) is 61.4 Å². The molecular weight excluding hydrogens is 623 g/mol. The maximum Gasteiger partial charge on any atom is 0.638 e. The fraction of sp³-hybridized carbons (Fsp3) is 0.195. The van der Waals surface area contributed by atoms with Crippen LogP contribution in [0.1, 0.15) is 50.2 Å². The van der Waals surface area contributed by atoms with Gasteiger partial charge in [0.2, 0.25) is 0 Å². The van der Waals surface area contributed by atoms with Crippen molar-refractivity contribution in [2.45, 2.75) is 47.7 Å². The minimum atomic E-state index is -4.71. The number of nitrogens with zero attached hydrogens (tertiary/aromatic N) is 2. The molecule has 0 aliphatic carbocycles. The van der Waals surface area contributed by atoms with E-state index in [2.05, 4.69) is 6.07 Å². The molecule has 1 aliphatic heterocycles. The SMILES string of the molecule is Cc1ccc(C2=N/C(=C\c3c(-c4ccc(C)cc4C)cc(-c4ccc(C)cc4)n3B(F)OCC(F)(F)F)C(c3ccc(C)cc3C)=C2)cc1. The summed E-state index contributed by atoms with van der Waals surface area (Å²) in [6.45, 7) is 10.2. The zero-order valence-electron chi connectivity index (χ0n) is 28.4. The highest BCUT2D eigenvalue weighted by atomic mass is 19.4. The number of alkyl halides is 3. The van der Waals surface area contributed by atoms with Crippen LogP contribution in [0.15, 0.2) is 108 Å². The van der Waals surface area contributed by atoms with Crippen LogP contribution >= 0.6 is 0 Å². The highest BCUT2D eigenvalue weighted by Gasteiger charge is 2.35. The molecule has 1 aliphatic rings. The largest absolute Gasteiger partial charge is 0.638 e. The summed E-state index contributed by atoms with van der Waals surface area (Å²) in [6.07, 6.45) is -0.914. The van der Waals surface area contributed by atoms with Gasteiger partial charge in [0.1, 0.15) is 6.61 Å². The normalized spacial score (nSPS) is 14.0. The van der Waals surface area contributed by atoms with E-state index in [-0.39, 0.29) is 0 Å². The minimum Gasteiger partial charge on any atom is -0.379 e. The Morgan fingerprint density at radius 3 is 1.76 bits per heavy atom. The third kappa shape index (κ3) is 7.40. The molecule has 0 atom stereocenters. The average molecular weight is 661 g/mol. The van der Waals surface area contributed by atoms with Crippen molar-refractivity contribution in [2.24, 2.45) is 4.99 Å². The van der Waals surface area contributed by atoms with Crippen LogP contribution in [0.3, 0.4) is 0 Å². The summed E-state index contributed by atoms with van der Waals surface area (Å²) in [5, 5.41) is 0. The quantitative estimate of drug-likeness (QED) is 0.120. The van der Waals surface area contributed by atoms with Crippen molar-refractivity contribution in [3.8, 4) is 22.4 Å². The summed E-state index contributed by atoms with van der Waals surface area (Å²) in [7, 11) is -2.44. The lowest BCUT2D eigenvalue weighted by Crippen LogP contribution is -2.30. The van der Waals surface area contributed by atoms with Crippen molar-refractivity contribution in [1.82, 2.24) is 4.48 Å². The van der Waals surface area contributed by atoms with Gasteiger partial charge in [0.15, 0.2) is 0 Å². The molecule has 0 spiro atoms. The molecule has 5 aromatic rings. The monoisotopic (exact) mass is 660 g/mol. The smallest absolute Gasteiger partial charge is 0.379 e. The van der Waals surface area contributed by atoms with Crippen molar-refractivity contribution in [3.05, 3.63) is 153 Å². The number of hydrogen-bond acceptors (Lipinski definition) is 2. The van der Waals surface area contributed by atoms with Crippen molar-refractivity contribution in [3.63, 3.8) is 0 Å². The van der Waals surface area contributed by atoms with E-state index >= 15 is 4.32 Å². The van der Waals surface area contributed by atoms with Gasteiger partial charge in [0, 0.05) is 28.1 Å². The number of aromatic nitrogens is 1. The van der Waals surface area contributed by atoms with Crippen molar-refractivity contribution < 1.29 is 22.1 Å². The van der Waals surface area contributed by atoms with Gasteiger partial charge in [0.05, 0.1) is 11.4 Å². The Morgan fingerprint density at radius 1 is 0.673 bits per heavy atom. The van der Waals surface area contributed by atoms with E-state index in [0.29, 0.717) is 28.2 Å². The van der Waals surface area contributed by atoms with Crippen LogP contribution in [0.4, 0.5) is 17.5 Å². The van der Waals surface area contributed by atoms with Crippen molar-refractivity contribution >= 4 is 24.7 Å². The van der Waals surface area contributed by atoms with Crippen LogP contribution < -0.4 is 0 Å². The van der Waals surface area contributed by atoms with Crippen LogP contribution in [-0.2, 0) is 4.65 Å². The van der Waals surface area contributed by atoms with E-state index in [1.54, 1.807) is 6.08 Å². The van der Waals surface area contributed by atoms with E-state index in [1.165, 1.54) is 4.48 Å². The molecule has 2 heterocycles. The molecule has 0 saturated carbocycles. The lowest BCUT2D eigenvalue weighted by molar-refractivity contribution is -0.156. The van der Waals surface area contributed by atoms with E-state index in [9.17, 15) is 13.2 Å². The summed E-state index contributed by atoms with van der Waals surface area (Å²) < 4.78 is 62.7. The maximum absolute atomic E-state index is 16.4. The summed E-state index contributed by atoms with van der Waals surface area (Å²) in [6, 6.07) is 29.5. The first-order valence-electron chi connectivity index (χ1n) is 16.2. The minimum absolute atomic E-state index is 0.344. The van der Waals surface area contributed by atoms with Crippen LogP contribution in [0.2, 0.25) is 0 Å². The van der Waals surface area contributed by atoms with E-state index < -0.39 is 20.1 Å². The zero-order chi connectivity index (χ0) is 35.0. The van der Waals surface area contributed by atoms with Gasteiger partial charge >= 0.3 is 13.5 Å². The van der Waals surface area contributed by atoms with Crippen LogP contribution in [-0.4, -0.2) is 30.3 Å². The number of halogens is 4. The van der Waals surface area contributed by atoms with Crippen LogP contribution in [0.25, 0.3) is 34.0 Å². The lowest BCUT2D eigenvalue weighted by atomic mass is 9.94. The van der Waals surface area contributed by atoms with E-state index in [1.807, 2.05) is 133 Å². The Kier molecular flexibility index (Phi) is 9.36. The number of aryl methyl sites for hydroxylation is 6. The van der Waals surface area contributed by atoms with Crippen LogP contribution in [0.5, 0.6) is 0 Å². The van der Waals surface area contributed by atoms with E-state index in [4.69, 9.17) is 9.65 Å². The second-order valence-electron chi connectivity index (χ2n) is 12.9. The fourth-order valence-corrected chi connectivity index (χ4v) is 6.30. The zero-order valence-corrected chi connectivity index (χ0v) is 28.4. The maximum atomic E-state index is 16.4. The Bertz CT molecular complexity index is 2120. The summed E-state index contributed by atoms with van der Waals surface area (Å²) in [4.78, 5) is 5.08. The molecule has 0 bridgehead atoms. The number of rotatable bonds is 8. The number of benzene rings is 4. The molecule has 0 fully saturated rings. The molecule has 248 valence electrons. The van der Waals surface area contributed by atoms with Gasteiger partial charge in [-0.2, -0.15) is 13.2 Å². The van der Waals surface area contributed by atoms with Gasteiger partial charge in [-0.1, -0.05) is 107 Å². The molecule has 8 heteroatoms. The molecule has 0 N–H and O–H groups in total. The Hall–Kier alpha value is -4.95. The predicted octanol–water partition coefficient (Wildman–Crippen LogP) is 11.0. The van der Waals surface area contributed by atoms with Gasteiger partial charge in [-0.05, 0) is 87.6 Å². The molecule has 6 rings (SSSR count). The Morgan fingerprint density at radius 2 is 1.20 bits per heavy atom. The summed E-state index contributed by atoms with van der Waals surface area (Å²) >= 11 is 0. The van der Waals surface area contributed by atoms with Gasteiger partial charge in [-0.25, -0.2) is 4.99 Å². The third-order valence-corrected chi connectivity index (χ3v) is 8.77. The Labute approximate surface area is 285 Å². The Balaban J connectivity index is 1.65. The highest BCUT2D eigenvalue weighted by molar-refractivity contribution is 6.43. The van der Waals surface area contributed by atoms with Crippen molar-refractivity contribution in [2.75, 3.05) is 6.61 Å². The summed E-state index contributed by atoms with van der Waals surface area (Å²) in [5.41, 5.74) is 13.1. The first-order chi connectivity index (χ1) is 23.3. The summed E-state index contributed by atoms with van der Waals surface area (Å²) in [5.74, 6) is 0. The average Bonchev–Trinajstić information content (AvgIpc) is 3.62. The molecule has 0 saturated heterocycles. The molecule has 1 aromatic heterocycles. The number of allylic oxidation sites excluding steroid dienone is 2. The topological polar surface area (TPSA) is 26.5 Å². The lowest BCUT2D eigenvalue weighted by Gasteiger charge is -2.17. The standard InChI is InChI=1S/C41H37BF4N2O/c1-25-7-13-31(14-8-25)37-21-35(33-17-11-27(3)19-29(33)5)38(47-37)23-40-36(34-18-12-28(4)20-30(34)6)22-39(32-15-9-26(2)10-16-32)48(40)42(46)49-24-41(43,44)45/h7-23H,24H2,1-6H3/b38-23-. The number of aliphatic imine (C=N–C) groups is 1. The van der Waals surface area contributed by atoms with Gasteiger partial charge in [-0.15, -0.1) is 0 Å². The van der Waals surface area contributed by atoms with Gasteiger partial charge in [0.25, 0.3) is 0 Å². The predicted molar refractivity (Wildman–Crippen MR) is 193 cm³/mol. The first kappa shape index (κ1) is 33.9. The molecule has 4 aromatic carbocycles. The molecule has 0 amide bonds. The van der Waals surface area contributed by atoms with Gasteiger partial charge < -0.3 is 9.13 Å². The molecule has 49 heavy (non-hydrogen) atoms. The number of hydrogen-bond donors (Lipinski definition) is 0. The molecule has 0 radical (unpaired) electrons. The molecule has 3 nitrogen and oxygen atoms in total. The van der Waals surface area contributed by atoms with Gasteiger partial charge in [-0.3, -0.25) is 4.32 Å². The second-order valence-corrected chi connectivity index (χ2v) is 12.9. The highest BCUT2D eigenvalue weighted by Crippen LogP contribution is 2.40.